The van der Waals surface area contributed by atoms with Gasteiger partial charge in [-0.05, 0) is 54.9 Å². The van der Waals surface area contributed by atoms with Crippen molar-refractivity contribution in [2.75, 3.05) is 13.2 Å². The van der Waals surface area contributed by atoms with Crippen molar-refractivity contribution in [1.82, 2.24) is 41.5 Å². The first-order valence-electron chi connectivity index (χ1n) is 20.3. The number of carbonyl (C=O) groups excluding carboxylic acids is 5. The van der Waals surface area contributed by atoms with Gasteiger partial charge in [0.05, 0.1) is 25.1 Å². The zero-order valence-corrected chi connectivity index (χ0v) is 34.0. The van der Waals surface area contributed by atoms with Crippen LogP contribution in [0.25, 0.3) is 0 Å². The molecule has 4 rings (SSSR count). The van der Waals surface area contributed by atoms with Crippen LogP contribution in [0.2, 0.25) is 0 Å². The number of H-pyrrole nitrogens is 1. The Labute approximate surface area is 344 Å². The lowest BCUT2D eigenvalue weighted by Gasteiger charge is -2.30. The molecule has 0 bridgehead atoms. The lowest BCUT2D eigenvalue weighted by atomic mass is 10.0. The summed E-state index contributed by atoms with van der Waals surface area (Å²) in [7, 11) is 0. The number of nitrogens with one attached hydrogen (secondary N) is 6. The molecule has 17 nitrogen and oxygen atoms in total. The number of phenols is 1. The number of carboxylic acid groups (broad SMARTS) is 1. The molecular formula is C42H59N9O8. The molecule has 0 radical (unpaired) electrons. The van der Waals surface area contributed by atoms with E-state index < -0.39 is 71.8 Å². The number of amides is 5. The number of phenolic OH excluding ortho intramolecular Hbond substituents is 1. The average molecular weight is 818 g/mol. The molecule has 1 fully saturated rings. The van der Waals surface area contributed by atoms with Gasteiger partial charge < -0.3 is 47.1 Å². The zero-order valence-electron chi connectivity index (χ0n) is 34.0. The summed E-state index contributed by atoms with van der Waals surface area (Å²) in [5, 5.41) is 33.7. The van der Waals surface area contributed by atoms with Crippen LogP contribution in [-0.4, -0.2) is 110 Å². The van der Waals surface area contributed by atoms with E-state index in [4.69, 9.17) is 5.73 Å². The Morgan fingerprint density at radius 3 is 2.19 bits per heavy atom. The number of likely N-dealkylation sites (tertiary alicyclic amines) is 1. The van der Waals surface area contributed by atoms with Gasteiger partial charge in [-0.15, -0.1) is 0 Å². The number of imidazole rings is 1. The van der Waals surface area contributed by atoms with E-state index in [0.717, 1.165) is 18.4 Å². The molecule has 1 aliphatic heterocycles. The second-order valence-electron chi connectivity index (χ2n) is 15.4. The zero-order chi connectivity index (χ0) is 42.9. The highest BCUT2D eigenvalue weighted by molar-refractivity contribution is 5.94. The fourth-order valence-corrected chi connectivity index (χ4v) is 6.95. The summed E-state index contributed by atoms with van der Waals surface area (Å²) in [4.78, 5) is 88.8. The maximum absolute atomic E-state index is 14.1. The van der Waals surface area contributed by atoms with Gasteiger partial charge in [0.2, 0.25) is 29.5 Å². The van der Waals surface area contributed by atoms with Crippen molar-refractivity contribution in [2.24, 2.45) is 11.7 Å². The van der Waals surface area contributed by atoms with Crippen molar-refractivity contribution in [3.63, 3.8) is 0 Å². The Kier molecular flexibility index (Phi) is 17.9. The normalized spacial score (nSPS) is 16.4. The topological polar surface area (TPSA) is 261 Å². The van der Waals surface area contributed by atoms with Crippen LogP contribution in [-0.2, 0) is 48.0 Å². The Morgan fingerprint density at radius 2 is 1.54 bits per heavy atom. The first kappa shape index (κ1) is 45.9. The van der Waals surface area contributed by atoms with Crippen LogP contribution in [0.4, 0.5) is 0 Å². The quantitative estimate of drug-likeness (QED) is 0.0616. The van der Waals surface area contributed by atoms with Crippen molar-refractivity contribution in [2.45, 2.75) is 115 Å². The van der Waals surface area contributed by atoms with Crippen LogP contribution in [0, 0.1) is 5.92 Å². The summed E-state index contributed by atoms with van der Waals surface area (Å²) in [6, 6.07) is 9.24. The molecule has 0 unspecified atom stereocenters. The molecular weight excluding hydrogens is 759 g/mol. The second-order valence-corrected chi connectivity index (χ2v) is 15.4. The van der Waals surface area contributed by atoms with E-state index in [9.17, 15) is 39.0 Å². The number of aromatic amines is 1. The number of hydrogen-bond acceptors (Lipinski definition) is 10. The second kappa shape index (κ2) is 23.0. The van der Waals surface area contributed by atoms with E-state index >= 15 is 0 Å². The molecule has 2 aromatic carbocycles. The summed E-state index contributed by atoms with van der Waals surface area (Å²) in [6.07, 6.45) is 6.48. The van der Waals surface area contributed by atoms with Gasteiger partial charge in [-0.25, -0.2) is 9.78 Å². The minimum absolute atomic E-state index is 0.0204. The fraction of sp³-hybridized carbons (Fsp3) is 0.500. The highest BCUT2D eigenvalue weighted by Gasteiger charge is 2.39. The Bertz CT molecular complexity index is 1820. The molecule has 5 amide bonds. The van der Waals surface area contributed by atoms with Gasteiger partial charge in [0.15, 0.2) is 0 Å². The summed E-state index contributed by atoms with van der Waals surface area (Å²) >= 11 is 0. The third kappa shape index (κ3) is 14.5. The molecule has 6 atom stereocenters. The smallest absolute Gasteiger partial charge is 0.326 e. The molecule has 0 aliphatic carbocycles. The van der Waals surface area contributed by atoms with Crippen LogP contribution in [0.3, 0.4) is 0 Å². The lowest BCUT2D eigenvalue weighted by Crippen LogP contribution is -2.58. The largest absolute Gasteiger partial charge is 0.508 e. The summed E-state index contributed by atoms with van der Waals surface area (Å²) in [6.45, 7) is 5.87. The summed E-state index contributed by atoms with van der Waals surface area (Å²) < 4.78 is 0. The lowest BCUT2D eigenvalue weighted by molar-refractivity contribution is -0.144. The Balaban J connectivity index is 1.44. The fourth-order valence-electron chi connectivity index (χ4n) is 6.95. The van der Waals surface area contributed by atoms with Crippen molar-refractivity contribution in [1.29, 1.82) is 0 Å². The van der Waals surface area contributed by atoms with Crippen LogP contribution < -0.4 is 32.3 Å². The predicted octanol–water partition coefficient (Wildman–Crippen LogP) is 1.27. The van der Waals surface area contributed by atoms with Crippen LogP contribution in [0.1, 0.15) is 76.1 Å². The third-order valence-electron chi connectivity index (χ3n) is 10.2. The van der Waals surface area contributed by atoms with E-state index in [1.165, 1.54) is 23.4 Å². The molecule has 3 aromatic rings. The number of carbonyl (C=O) groups is 6. The Morgan fingerprint density at radius 1 is 0.864 bits per heavy atom. The van der Waals surface area contributed by atoms with E-state index in [2.05, 4.69) is 36.6 Å². The minimum atomic E-state index is -1.20. The molecule has 0 spiro atoms. The molecule has 320 valence electrons. The maximum atomic E-state index is 14.1. The third-order valence-corrected chi connectivity index (χ3v) is 10.2. The molecule has 1 aromatic heterocycles. The van der Waals surface area contributed by atoms with E-state index in [1.54, 1.807) is 42.6 Å². The predicted molar refractivity (Wildman–Crippen MR) is 219 cm³/mol. The average Bonchev–Trinajstić information content (AvgIpc) is 3.92. The molecule has 0 saturated carbocycles. The number of unbranched alkanes of at least 4 members (excludes halogenated alkanes) is 1. The molecule has 59 heavy (non-hydrogen) atoms. The number of aliphatic carboxylic acids is 1. The highest BCUT2D eigenvalue weighted by atomic mass is 16.4. The molecule has 1 aliphatic rings. The number of hydrogen-bond donors (Lipinski definition) is 9. The van der Waals surface area contributed by atoms with Crippen molar-refractivity contribution in [3.05, 3.63) is 83.9 Å². The van der Waals surface area contributed by atoms with Crippen molar-refractivity contribution < 1.29 is 39.0 Å². The number of rotatable bonds is 23. The number of aromatic hydroxyl groups is 1. The number of benzene rings is 2. The highest BCUT2D eigenvalue weighted by Crippen LogP contribution is 2.20. The van der Waals surface area contributed by atoms with Gasteiger partial charge in [0, 0.05) is 37.7 Å². The van der Waals surface area contributed by atoms with Crippen LogP contribution >= 0.6 is 0 Å². The van der Waals surface area contributed by atoms with Gasteiger partial charge in [0.25, 0.3) is 0 Å². The van der Waals surface area contributed by atoms with Gasteiger partial charge in [-0.2, -0.15) is 0 Å². The van der Waals surface area contributed by atoms with Crippen molar-refractivity contribution >= 4 is 35.5 Å². The van der Waals surface area contributed by atoms with Gasteiger partial charge in [-0.3, -0.25) is 29.3 Å². The first-order chi connectivity index (χ1) is 28.2. The molecule has 2 heterocycles. The van der Waals surface area contributed by atoms with Gasteiger partial charge in [-0.1, -0.05) is 76.1 Å². The van der Waals surface area contributed by atoms with E-state index in [1.807, 2.05) is 26.8 Å². The molecule has 17 heteroatoms. The number of aromatic nitrogens is 2. The van der Waals surface area contributed by atoms with Gasteiger partial charge in [0.1, 0.15) is 29.9 Å². The maximum Gasteiger partial charge on any atom is 0.326 e. The standard InChI is InChI=1S/C42H59N9O8/c1-4-5-12-31(43)37(53)48-33(20-28-14-16-30(52)17-15-28)39(55)49-32(19-26(2)3)38(54)47-25-46-34(22-29-23-44-24-45-29)41(57)51-18-9-13-36(51)40(56)50-35(42(58)59)21-27-10-7-6-8-11-27/h6-8,10-11,14-17,23-24,26,31-36,46,52H,4-5,9,12-13,18-22,25,43H2,1-3H3,(H,44,45)(H,47,54)(H,48,53)(H,49,55)(H,50,56)(H,58,59)/t31-,32-,33-,34-,35-,36-/m0/s1. The van der Waals surface area contributed by atoms with Gasteiger partial charge >= 0.3 is 5.97 Å². The molecule has 1 saturated heterocycles. The minimum Gasteiger partial charge on any atom is -0.508 e. The van der Waals surface area contributed by atoms with Crippen molar-refractivity contribution in [3.8, 4) is 5.75 Å². The van der Waals surface area contributed by atoms with E-state index in [-0.39, 0.29) is 50.6 Å². The monoisotopic (exact) mass is 817 g/mol. The summed E-state index contributed by atoms with van der Waals surface area (Å²) in [5.74, 6) is -3.77. The summed E-state index contributed by atoms with van der Waals surface area (Å²) in [5.41, 5.74) is 8.15. The number of nitrogens with two attached hydrogens (primary N) is 1. The number of carboxylic acids is 1. The Hall–Kier alpha value is -5.81. The SMILES string of the molecule is CCCC[C@H](N)C(=O)N[C@@H](Cc1ccc(O)cc1)C(=O)N[C@@H](CC(C)C)C(=O)NCN[C@@H](Cc1cnc[nH]1)C(=O)N1CCC[C@H]1C(=O)N[C@@H](Cc1ccccc1)C(=O)O. The van der Waals surface area contributed by atoms with E-state index in [0.29, 0.717) is 30.5 Å². The van der Waals surface area contributed by atoms with Crippen LogP contribution in [0.15, 0.2) is 67.1 Å². The number of nitrogens with zero attached hydrogens (tertiary/aromatic N) is 2. The molecule has 10 N–H and O–H groups in total. The van der Waals surface area contributed by atoms with Crippen LogP contribution in [0.5, 0.6) is 5.75 Å². The first-order valence-corrected chi connectivity index (χ1v) is 20.3.